The maximum atomic E-state index is 5.76. The van der Waals surface area contributed by atoms with Crippen molar-refractivity contribution in [3.63, 3.8) is 0 Å². The van der Waals surface area contributed by atoms with Crippen LogP contribution in [0.5, 0.6) is 11.5 Å². The lowest BCUT2D eigenvalue weighted by Crippen LogP contribution is -1.94. The van der Waals surface area contributed by atoms with Gasteiger partial charge in [-0.3, -0.25) is 0 Å². The van der Waals surface area contributed by atoms with Gasteiger partial charge in [0.05, 0.1) is 25.7 Å². The predicted molar refractivity (Wildman–Crippen MR) is 56.4 cm³/mol. The summed E-state index contributed by atoms with van der Waals surface area (Å²) in [4.78, 5) is 0.794. The highest BCUT2D eigenvalue weighted by molar-refractivity contribution is 7.80. The van der Waals surface area contributed by atoms with Crippen molar-refractivity contribution in [3.8, 4) is 11.5 Å². The van der Waals surface area contributed by atoms with Gasteiger partial charge in [-0.2, -0.15) is 0 Å². The van der Waals surface area contributed by atoms with Crippen molar-refractivity contribution in [2.45, 2.75) is 10.8 Å². The third kappa shape index (κ3) is 2.23. The Hall–Kier alpha value is -0.540. The molecule has 1 aromatic rings. The smallest absolute Gasteiger partial charge is 0.128 e. The Morgan fingerprint density at radius 3 is 2.00 bits per heavy atom. The highest BCUT2D eigenvalue weighted by Gasteiger charge is 2.09. The third-order valence-electron chi connectivity index (χ3n) is 1.73. The predicted octanol–water partition coefficient (Wildman–Crippen LogP) is 2.73. The first kappa shape index (κ1) is 10.5. The van der Waals surface area contributed by atoms with Crippen LogP contribution in [-0.4, -0.2) is 14.2 Å². The number of thiol groups is 1. The minimum atomic E-state index is 0.362. The zero-order chi connectivity index (χ0) is 9.84. The summed E-state index contributed by atoms with van der Waals surface area (Å²) in [5.41, 5.74) is 0.851. The first-order valence-corrected chi connectivity index (χ1v) is 4.71. The second-order valence-electron chi connectivity index (χ2n) is 2.46. The van der Waals surface area contributed by atoms with Crippen LogP contribution in [0.4, 0.5) is 0 Å². The fraction of sp³-hybridized carbons (Fsp3) is 0.333. The SMILES string of the molecule is COc1cc(S)cc(OC)c1CCl. The Morgan fingerprint density at radius 2 is 1.69 bits per heavy atom. The number of methoxy groups -OCH3 is 2. The highest BCUT2D eigenvalue weighted by Crippen LogP contribution is 2.32. The molecule has 1 rings (SSSR count). The second kappa shape index (κ2) is 4.63. The van der Waals surface area contributed by atoms with Crippen molar-refractivity contribution in [1.29, 1.82) is 0 Å². The lowest BCUT2D eigenvalue weighted by molar-refractivity contribution is 0.386. The second-order valence-corrected chi connectivity index (χ2v) is 3.25. The van der Waals surface area contributed by atoms with Gasteiger partial charge < -0.3 is 9.47 Å². The van der Waals surface area contributed by atoms with Gasteiger partial charge in [0.25, 0.3) is 0 Å². The van der Waals surface area contributed by atoms with Crippen molar-refractivity contribution >= 4 is 24.2 Å². The molecule has 0 unspecified atom stereocenters. The van der Waals surface area contributed by atoms with E-state index < -0.39 is 0 Å². The van der Waals surface area contributed by atoms with Gasteiger partial charge >= 0.3 is 0 Å². The summed E-state index contributed by atoms with van der Waals surface area (Å²) < 4.78 is 10.3. The molecule has 0 amide bonds. The Kier molecular flexibility index (Phi) is 3.75. The minimum absolute atomic E-state index is 0.362. The summed E-state index contributed by atoms with van der Waals surface area (Å²) >= 11 is 9.98. The first-order chi connectivity index (χ1) is 6.22. The van der Waals surface area contributed by atoms with Gasteiger partial charge in [-0.1, -0.05) is 0 Å². The molecule has 0 saturated heterocycles. The summed E-state index contributed by atoms with van der Waals surface area (Å²) in [5, 5.41) is 0. The van der Waals surface area contributed by atoms with E-state index in [0.29, 0.717) is 17.4 Å². The Balaban J connectivity index is 3.25. The monoisotopic (exact) mass is 218 g/mol. The number of hydrogen-bond donors (Lipinski definition) is 1. The molecule has 2 nitrogen and oxygen atoms in total. The molecule has 0 aliphatic rings. The van der Waals surface area contributed by atoms with Gasteiger partial charge in [0, 0.05) is 4.90 Å². The van der Waals surface area contributed by atoms with Crippen molar-refractivity contribution in [3.05, 3.63) is 17.7 Å². The molecule has 0 N–H and O–H groups in total. The average Bonchev–Trinajstić information content (AvgIpc) is 2.16. The summed E-state index contributed by atoms with van der Waals surface area (Å²) in [6.07, 6.45) is 0. The van der Waals surface area contributed by atoms with Gasteiger partial charge in [0.2, 0.25) is 0 Å². The Bertz CT molecular complexity index is 277. The van der Waals surface area contributed by atoms with E-state index in [1.165, 1.54) is 0 Å². The maximum Gasteiger partial charge on any atom is 0.128 e. The molecule has 0 saturated carbocycles. The van der Waals surface area contributed by atoms with Crippen LogP contribution >= 0.6 is 24.2 Å². The molecule has 0 aromatic heterocycles. The summed E-state index contributed by atoms with van der Waals surface area (Å²) in [6, 6.07) is 3.62. The van der Waals surface area contributed by atoms with Crippen molar-refractivity contribution in [2.75, 3.05) is 14.2 Å². The third-order valence-corrected chi connectivity index (χ3v) is 2.25. The molecule has 0 spiro atoms. The standard InChI is InChI=1S/C9H11ClO2S/c1-11-8-3-6(13)4-9(12-2)7(8)5-10/h3-4,13H,5H2,1-2H3. The van der Waals surface area contributed by atoms with E-state index in [1.54, 1.807) is 14.2 Å². The molecule has 0 radical (unpaired) electrons. The number of halogens is 1. The van der Waals surface area contributed by atoms with Crippen LogP contribution in [-0.2, 0) is 5.88 Å². The normalized spacial score (nSPS) is 9.85. The van der Waals surface area contributed by atoms with Crippen LogP contribution in [0.1, 0.15) is 5.56 Å². The van der Waals surface area contributed by atoms with Crippen LogP contribution in [0.15, 0.2) is 17.0 Å². The lowest BCUT2D eigenvalue weighted by atomic mass is 10.2. The Labute approximate surface area is 88.2 Å². The van der Waals surface area contributed by atoms with Gasteiger partial charge in [-0.25, -0.2) is 0 Å². The van der Waals surface area contributed by atoms with Crippen molar-refractivity contribution in [2.24, 2.45) is 0 Å². The summed E-state index contributed by atoms with van der Waals surface area (Å²) in [5.74, 6) is 1.78. The quantitative estimate of drug-likeness (QED) is 0.621. The van der Waals surface area contributed by atoms with Crippen LogP contribution in [0.2, 0.25) is 0 Å². The highest BCUT2D eigenvalue weighted by atomic mass is 35.5. The summed E-state index contributed by atoms with van der Waals surface area (Å²) in [7, 11) is 3.19. The zero-order valence-corrected chi connectivity index (χ0v) is 9.15. The molecule has 0 aliphatic heterocycles. The molecule has 0 bridgehead atoms. The van der Waals surface area contributed by atoms with E-state index >= 15 is 0 Å². The lowest BCUT2D eigenvalue weighted by Gasteiger charge is -2.11. The average molecular weight is 219 g/mol. The van der Waals surface area contributed by atoms with E-state index in [4.69, 9.17) is 21.1 Å². The van der Waals surface area contributed by atoms with Gasteiger partial charge in [0.15, 0.2) is 0 Å². The van der Waals surface area contributed by atoms with Gasteiger partial charge in [0.1, 0.15) is 11.5 Å². The first-order valence-electron chi connectivity index (χ1n) is 3.72. The molecule has 0 aliphatic carbocycles. The van der Waals surface area contributed by atoms with E-state index in [2.05, 4.69) is 12.6 Å². The van der Waals surface area contributed by atoms with E-state index in [-0.39, 0.29) is 0 Å². The summed E-state index contributed by atoms with van der Waals surface area (Å²) in [6.45, 7) is 0. The fourth-order valence-electron chi connectivity index (χ4n) is 1.10. The number of ether oxygens (including phenoxy) is 2. The topological polar surface area (TPSA) is 18.5 Å². The molecule has 72 valence electrons. The minimum Gasteiger partial charge on any atom is -0.496 e. The van der Waals surface area contributed by atoms with Gasteiger partial charge in [-0.05, 0) is 12.1 Å². The van der Waals surface area contributed by atoms with Gasteiger partial charge in [-0.15, -0.1) is 24.2 Å². The largest absolute Gasteiger partial charge is 0.496 e. The maximum absolute atomic E-state index is 5.76. The molecule has 0 fully saturated rings. The van der Waals surface area contributed by atoms with Crippen LogP contribution in [0.3, 0.4) is 0 Å². The number of benzene rings is 1. The number of rotatable bonds is 3. The van der Waals surface area contributed by atoms with Crippen LogP contribution < -0.4 is 9.47 Å². The zero-order valence-electron chi connectivity index (χ0n) is 7.50. The van der Waals surface area contributed by atoms with Crippen LogP contribution in [0.25, 0.3) is 0 Å². The molecule has 0 heterocycles. The molecule has 13 heavy (non-hydrogen) atoms. The fourth-order valence-corrected chi connectivity index (χ4v) is 1.60. The molecule has 4 heteroatoms. The number of hydrogen-bond acceptors (Lipinski definition) is 3. The van der Waals surface area contributed by atoms with Crippen LogP contribution in [0, 0.1) is 0 Å². The van der Waals surface area contributed by atoms with E-state index in [0.717, 1.165) is 10.5 Å². The molecule has 0 atom stereocenters. The molecular weight excluding hydrogens is 208 g/mol. The Morgan fingerprint density at radius 1 is 1.23 bits per heavy atom. The van der Waals surface area contributed by atoms with E-state index in [9.17, 15) is 0 Å². The van der Waals surface area contributed by atoms with Crippen molar-refractivity contribution < 1.29 is 9.47 Å². The van der Waals surface area contributed by atoms with Crippen molar-refractivity contribution in [1.82, 2.24) is 0 Å². The number of alkyl halides is 1. The molecule has 1 aromatic carbocycles. The van der Waals surface area contributed by atoms with E-state index in [1.807, 2.05) is 12.1 Å². The molecular formula is C9H11ClO2S.